The molecule has 1 atom stereocenters. The standard InChI is InChI=1S/C24H25ClN6O3/c1-15(32)12-30-13-17(14-30)34-16-6-7-19(21(9-16)33-2)28-24-27-10-18(25)23(29-24)20-11-26-22-5-3-4-8-31(20)22/h3-11,15,17,32H,12-14H2,1-2H3,(H,27,28,29)/t15-/m1/s1. The number of likely N-dealkylation sites (tertiary alicyclic amines) is 1. The molecule has 1 fully saturated rings. The third kappa shape index (κ3) is 4.63. The fourth-order valence-electron chi connectivity index (χ4n) is 4.00. The molecule has 0 spiro atoms. The summed E-state index contributed by atoms with van der Waals surface area (Å²) in [6.45, 7) is 4.02. The maximum absolute atomic E-state index is 9.49. The summed E-state index contributed by atoms with van der Waals surface area (Å²) in [5, 5.41) is 13.1. The highest BCUT2D eigenvalue weighted by Gasteiger charge is 2.29. The molecule has 5 rings (SSSR count). The molecular formula is C24H25ClN6O3. The molecule has 4 heterocycles. The van der Waals surface area contributed by atoms with Crippen molar-refractivity contribution >= 4 is 28.9 Å². The Morgan fingerprint density at radius 2 is 2.06 bits per heavy atom. The predicted octanol–water partition coefficient (Wildman–Crippen LogP) is 3.64. The number of β-amino-alcohol motifs (C(OH)–C–C–N with tert-alkyl or cyclic N) is 1. The summed E-state index contributed by atoms with van der Waals surface area (Å²) in [7, 11) is 1.60. The molecule has 0 unspecified atom stereocenters. The Labute approximate surface area is 202 Å². The molecule has 1 aromatic carbocycles. The summed E-state index contributed by atoms with van der Waals surface area (Å²) in [5.74, 6) is 1.70. The SMILES string of the molecule is COc1cc(OC2CN(C[C@@H](C)O)C2)ccc1Nc1ncc(Cl)c(-c2cnc3ccccn23)n1. The number of aromatic nitrogens is 4. The minimum Gasteiger partial charge on any atom is -0.494 e. The van der Waals surface area contributed by atoms with Crippen LogP contribution in [0.3, 0.4) is 0 Å². The van der Waals surface area contributed by atoms with Crippen molar-refractivity contribution in [1.82, 2.24) is 24.3 Å². The molecule has 10 heteroatoms. The second-order valence-corrected chi connectivity index (χ2v) is 8.66. The molecule has 0 saturated carbocycles. The Bertz CT molecular complexity index is 1310. The van der Waals surface area contributed by atoms with Crippen molar-refractivity contribution in [3.05, 3.63) is 60.0 Å². The van der Waals surface area contributed by atoms with Gasteiger partial charge in [-0.05, 0) is 31.2 Å². The number of ether oxygens (including phenoxy) is 2. The van der Waals surface area contributed by atoms with Gasteiger partial charge < -0.3 is 19.9 Å². The van der Waals surface area contributed by atoms with Gasteiger partial charge in [-0.2, -0.15) is 0 Å². The third-order valence-corrected chi connectivity index (χ3v) is 5.85. The first-order valence-electron chi connectivity index (χ1n) is 11.0. The van der Waals surface area contributed by atoms with Crippen molar-refractivity contribution in [2.45, 2.75) is 19.1 Å². The lowest BCUT2D eigenvalue weighted by Crippen LogP contribution is -2.55. The minimum atomic E-state index is -0.338. The van der Waals surface area contributed by atoms with Crippen LogP contribution in [0.1, 0.15) is 6.92 Å². The number of hydrogen-bond acceptors (Lipinski definition) is 8. The largest absolute Gasteiger partial charge is 0.494 e. The van der Waals surface area contributed by atoms with Crippen molar-refractivity contribution in [2.75, 3.05) is 32.1 Å². The van der Waals surface area contributed by atoms with Crippen LogP contribution in [0, 0.1) is 0 Å². The number of hydrogen-bond donors (Lipinski definition) is 2. The third-order valence-electron chi connectivity index (χ3n) is 5.57. The van der Waals surface area contributed by atoms with Crippen LogP contribution in [-0.2, 0) is 0 Å². The number of nitrogens with one attached hydrogen (secondary N) is 1. The van der Waals surface area contributed by atoms with Crippen LogP contribution < -0.4 is 14.8 Å². The van der Waals surface area contributed by atoms with Gasteiger partial charge in [-0.1, -0.05) is 17.7 Å². The number of aliphatic hydroxyl groups is 1. The van der Waals surface area contributed by atoms with E-state index in [-0.39, 0.29) is 12.2 Å². The second-order valence-electron chi connectivity index (χ2n) is 8.26. The summed E-state index contributed by atoms with van der Waals surface area (Å²) in [4.78, 5) is 15.5. The molecule has 1 aliphatic rings. The Hall–Kier alpha value is -3.40. The highest BCUT2D eigenvalue weighted by molar-refractivity contribution is 6.32. The zero-order valence-corrected chi connectivity index (χ0v) is 19.6. The van der Waals surface area contributed by atoms with Gasteiger partial charge >= 0.3 is 0 Å². The van der Waals surface area contributed by atoms with Crippen LogP contribution in [0.4, 0.5) is 11.6 Å². The normalized spacial score (nSPS) is 15.2. The summed E-state index contributed by atoms with van der Waals surface area (Å²) in [6.07, 6.45) is 4.97. The molecule has 1 saturated heterocycles. The number of imidazole rings is 1. The number of methoxy groups -OCH3 is 1. The Kier molecular flexibility index (Phi) is 6.23. The van der Waals surface area contributed by atoms with Gasteiger partial charge in [0.15, 0.2) is 0 Å². The predicted molar refractivity (Wildman–Crippen MR) is 130 cm³/mol. The van der Waals surface area contributed by atoms with Crippen molar-refractivity contribution in [2.24, 2.45) is 0 Å². The molecule has 3 aromatic heterocycles. The highest BCUT2D eigenvalue weighted by atomic mass is 35.5. The quantitative estimate of drug-likeness (QED) is 0.394. The van der Waals surface area contributed by atoms with E-state index in [1.807, 2.05) is 47.0 Å². The maximum Gasteiger partial charge on any atom is 0.227 e. The molecule has 9 nitrogen and oxygen atoms in total. The first-order chi connectivity index (χ1) is 16.5. The van der Waals surface area contributed by atoms with Crippen LogP contribution in [0.25, 0.3) is 17.0 Å². The number of halogens is 1. The number of rotatable bonds is 8. The average molecular weight is 481 g/mol. The fraction of sp³-hybridized carbons (Fsp3) is 0.292. The smallest absolute Gasteiger partial charge is 0.227 e. The molecule has 0 radical (unpaired) electrons. The number of anilines is 2. The summed E-state index contributed by atoms with van der Waals surface area (Å²) in [6, 6.07) is 11.4. The molecule has 34 heavy (non-hydrogen) atoms. The molecule has 0 bridgehead atoms. The van der Waals surface area contributed by atoms with Gasteiger partial charge in [0, 0.05) is 31.9 Å². The Morgan fingerprint density at radius 1 is 1.21 bits per heavy atom. The first-order valence-corrected chi connectivity index (χ1v) is 11.3. The minimum absolute atomic E-state index is 0.0925. The van der Waals surface area contributed by atoms with Crippen LogP contribution >= 0.6 is 11.6 Å². The fourth-order valence-corrected chi connectivity index (χ4v) is 4.18. The number of fused-ring (bicyclic) bond motifs is 1. The van der Waals surface area contributed by atoms with Gasteiger partial charge in [0.2, 0.25) is 5.95 Å². The van der Waals surface area contributed by atoms with E-state index in [0.717, 1.165) is 24.4 Å². The Morgan fingerprint density at radius 3 is 2.85 bits per heavy atom. The van der Waals surface area contributed by atoms with Gasteiger partial charge in [0.1, 0.15) is 28.9 Å². The zero-order chi connectivity index (χ0) is 23.7. The second kappa shape index (κ2) is 9.46. The van der Waals surface area contributed by atoms with E-state index in [4.69, 9.17) is 21.1 Å². The first kappa shape index (κ1) is 22.4. The molecule has 0 aliphatic carbocycles. The van der Waals surface area contributed by atoms with Crippen LogP contribution in [0.15, 0.2) is 55.0 Å². The molecule has 1 aliphatic heterocycles. The van der Waals surface area contributed by atoms with Crippen LogP contribution in [0.5, 0.6) is 11.5 Å². The van der Waals surface area contributed by atoms with Gasteiger partial charge in [-0.25, -0.2) is 15.0 Å². The average Bonchev–Trinajstić information content (AvgIpc) is 3.23. The topological polar surface area (TPSA) is 97.0 Å². The van der Waals surface area contributed by atoms with E-state index < -0.39 is 0 Å². The molecule has 176 valence electrons. The van der Waals surface area contributed by atoms with E-state index in [2.05, 4.69) is 25.2 Å². The van der Waals surface area contributed by atoms with Gasteiger partial charge in [-0.3, -0.25) is 9.30 Å². The molecule has 4 aromatic rings. The lowest BCUT2D eigenvalue weighted by molar-refractivity contribution is -0.00436. The van der Waals surface area contributed by atoms with Gasteiger partial charge in [0.25, 0.3) is 0 Å². The number of aliphatic hydroxyl groups excluding tert-OH is 1. The monoisotopic (exact) mass is 480 g/mol. The Balaban J connectivity index is 1.33. The van der Waals surface area contributed by atoms with E-state index in [1.165, 1.54) is 0 Å². The van der Waals surface area contributed by atoms with E-state index in [1.54, 1.807) is 26.4 Å². The number of pyridine rings is 1. The lowest BCUT2D eigenvalue weighted by Gasteiger charge is -2.39. The van der Waals surface area contributed by atoms with Crippen LogP contribution in [0.2, 0.25) is 5.02 Å². The highest BCUT2D eigenvalue weighted by Crippen LogP contribution is 2.33. The van der Waals surface area contributed by atoms with Crippen molar-refractivity contribution < 1.29 is 14.6 Å². The maximum atomic E-state index is 9.49. The van der Waals surface area contributed by atoms with Crippen LogP contribution in [-0.4, -0.2) is 68.3 Å². The van der Waals surface area contributed by atoms with E-state index in [0.29, 0.717) is 40.4 Å². The molecular weight excluding hydrogens is 456 g/mol. The number of nitrogens with zero attached hydrogens (tertiary/aromatic N) is 5. The van der Waals surface area contributed by atoms with Crippen molar-refractivity contribution in [3.63, 3.8) is 0 Å². The van der Waals surface area contributed by atoms with Crippen molar-refractivity contribution in [1.29, 1.82) is 0 Å². The van der Waals surface area contributed by atoms with E-state index >= 15 is 0 Å². The van der Waals surface area contributed by atoms with Crippen molar-refractivity contribution in [3.8, 4) is 22.9 Å². The number of benzene rings is 1. The summed E-state index contributed by atoms with van der Waals surface area (Å²) >= 11 is 6.42. The van der Waals surface area contributed by atoms with Gasteiger partial charge in [-0.15, -0.1) is 0 Å². The van der Waals surface area contributed by atoms with E-state index in [9.17, 15) is 5.11 Å². The summed E-state index contributed by atoms with van der Waals surface area (Å²) < 4.78 is 13.5. The lowest BCUT2D eigenvalue weighted by atomic mass is 10.1. The molecule has 0 amide bonds. The molecule has 2 N–H and O–H groups in total. The zero-order valence-electron chi connectivity index (χ0n) is 18.8. The summed E-state index contributed by atoms with van der Waals surface area (Å²) in [5.41, 5.74) is 2.85. The van der Waals surface area contributed by atoms with Gasteiger partial charge in [0.05, 0.1) is 42.0 Å².